The number of hydrogen-bond acceptors (Lipinski definition) is 2. The number of halogens is 1. The third-order valence-corrected chi connectivity index (χ3v) is 2.74. The highest BCUT2D eigenvalue weighted by Gasteiger charge is 2.25. The molecule has 1 aromatic rings. The molecule has 0 unspecified atom stereocenters. The minimum absolute atomic E-state index is 0.0426. The Morgan fingerprint density at radius 2 is 1.72 bits per heavy atom. The molecular weight excluding hydrogens is 294 g/mol. The smallest absolute Gasteiger partial charge is 0.415 e. The van der Waals surface area contributed by atoms with Crippen LogP contribution in [0.2, 0.25) is 0 Å². The lowest BCUT2D eigenvalue weighted by Gasteiger charge is -2.30. The summed E-state index contributed by atoms with van der Waals surface area (Å²) in [5.74, 6) is 0. The Hall–Kier alpha value is -1.03. The summed E-state index contributed by atoms with van der Waals surface area (Å²) < 4.78 is 6.41. The normalized spacial score (nSPS) is 11.5. The van der Waals surface area contributed by atoms with Crippen molar-refractivity contribution in [2.24, 2.45) is 0 Å². The summed E-state index contributed by atoms with van der Waals surface area (Å²) in [6.07, 6.45) is -0.320. The number of amides is 1. The average molecular weight is 314 g/mol. The van der Waals surface area contributed by atoms with Crippen molar-refractivity contribution < 1.29 is 9.53 Å². The summed E-state index contributed by atoms with van der Waals surface area (Å²) >= 11 is 3.38. The molecule has 3 nitrogen and oxygen atoms in total. The van der Waals surface area contributed by atoms with Crippen LogP contribution in [-0.4, -0.2) is 17.7 Å². The van der Waals surface area contributed by atoms with Gasteiger partial charge in [-0.1, -0.05) is 15.9 Å². The minimum Gasteiger partial charge on any atom is -0.443 e. The van der Waals surface area contributed by atoms with Gasteiger partial charge in [-0.15, -0.1) is 0 Å². The first kappa shape index (κ1) is 15.0. The molecule has 0 fully saturated rings. The van der Waals surface area contributed by atoms with E-state index in [4.69, 9.17) is 4.74 Å². The molecule has 0 saturated heterocycles. The number of ether oxygens (including phenoxy) is 1. The summed E-state index contributed by atoms with van der Waals surface area (Å²) in [7, 11) is 0. The lowest BCUT2D eigenvalue weighted by molar-refractivity contribution is 0.0570. The van der Waals surface area contributed by atoms with E-state index in [1.165, 1.54) is 0 Å². The zero-order valence-electron chi connectivity index (χ0n) is 11.5. The fraction of sp³-hybridized carbons (Fsp3) is 0.500. The molecule has 1 amide bonds. The Morgan fingerprint density at radius 1 is 1.22 bits per heavy atom. The third-order valence-electron chi connectivity index (χ3n) is 2.21. The number of benzene rings is 1. The van der Waals surface area contributed by atoms with Gasteiger partial charge in [0.1, 0.15) is 5.60 Å². The first-order chi connectivity index (χ1) is 8.20. The lowest BCUT2D eigenvalue weighted by Crippen LogP contribution is -2.41. The summed E-state index contributed by atoms with van der Waals surface area (Å²) in [5.41, 5.74) is 0.349. The van der Waals surface area contributed by atoms with Crippen molar-refractivity contribution in [3.63, 3.8) is 0 Å². The summed E-state index contributed by atoms with van der Waals surface area (Å²) in [4.78, 5) is 13.8. The zero-order chi connectivity index (χ0) is 13.9. The highest BCUT2D eigenvalue weighted by molar-refractivity contribution is 9.10. The highest BCUT2D eigenvalue weighted by atomic mass is 79.9. The Morgan fingerprint density at radius 3 is 2.11 bits per heavy atom. The van der Waals surface area contributed by atoms with Crippen LogP contribution in [0.25, 0.3) is 0 Å². The quantitative estimate of drug-likeness (QED) is 0.798. The molecule has 0 heterocycles. The molecule has 0 N–H and O–H groups in total. The van der Waals surface area contributed by atoms with Crippen molar-refractivity contribution in [3.8, 4) is 0 Å². The second-order valence-corrected chi connectivity index (χ2v) is 6.34. The summed E-state index contributed by atoms with van der Waals surface area (Å²) in [6, 6.07) is 7.66. The molecule has 0 aromatic heterocycles. The lowest BCUT2D eigenvalue weighted by atomic mass is 10.2. The molecular formula is C14H20BrNO2. The Labute approximate surface area is 117 Å². The Kier molecular flexibility index (Phi) is 4.79. The van der Waals surface area contributed by atoms with E-state index in [-0.39, 0.29) is 12.1 Å². The summed E-state index contributed by atoms with van der Waals surface area (Å²) in [6.45, 7) is 9.53. The molecule has 100 valence electrons. The van der Waals surface area contributed by atoms with E-state index in [2.05, 4.69) is 15.9 Å². The van der Waals surface area contributed by atoms with Crippen LogP contribution >= 0.6 is 15.9 Å². The van der Waals surface area contributed by atoms with Gasteiger partial charge in [-0.25, -0.2) is 4.79 Å². The van der Waals surface area contributed by atoms with Gasteiger partial charge >= 0.3 is 6.09 Å². The van der Waals surface area contributed by atoms with Crippen molar-refractivity contribution in [2.45, 2.75) is 46.3 Å². The van der Waals surface area contributed by atoms with Crippen molar-refractivity contribution >= 4 is 27.7 Å². The van der Waals surface area contributed by atoms with Gasteiger partial charge in [0.05, 0.1) is 0 Å². The van der Waals surface area contributed by atoms with E-state index in [1.807, 2.05) is 58.9 Å². The van der Waals surface area contributed by atoms with Gasteiger partial charge < -0.3 is 4.74 Å². The van der Waals surface area contributed by atoms with E-state index in [0.29, 0.717) is 0 Å². The van der Waals surface area contributed by atoms with Crippen LogP contribution in [0.4, 0.5) is 10.5 Å². The van der Waals surface area contributed by atoms with Crippen LogP contribution in [-0.2, 0) is 4.74 Å². The maximum atomic E-state index is 12.2. The second kappa shape index (κ2) is 5.74. The predicted molar refractivity (Wildman–Crippen MR) is 78.0 cm³/mol. The van der Waals surface area contributed by atoms with Crippen LogP contribution < -0.4 is 4.90 Å². The van der Waals surface area contributed by atoms with Gasteiger partial charge in [0.25, 0.3) is 0 Å². The molecule has 0 bridgehead atoms. The minimum atomic E-state index is -0.487. The van der Waals surface area contributed by atoms with Gasteiger partial charge in [0.2, 0.25) is 0 Å². The van der Waals surface area contributed by atoms with E-state index >= 15 is 0 Å². The fourth-order valence-electron chi connectivity index (χ4n) is 1.53. The average Bonchev–Trinajstić information content (AvgIpc) is 2.18. The maximum Gasteiger partial charge on any atom is 0.415 e. The second-order valence-electron chi connectivity index (χ2n) is 5.42. The molecule has 0 atom stereocenters. The standard InChI is InChI=1S/C14H20BrNO2/c1-10(2)16(13(17)18-14(3,4)5)12-8-6-11(15)7-9-12/h6-10H,1-5H3. The Balaban J connectivity index is 2.96. The van der Waals surface area contributed by atoms with Crippen LogP contribution in [0.1, 0.15) is 34.6 Å². The summed E-state index contributed by atoms with van der Waals surface area (Å²) in [5, 5.41) is 0. The number of hydrogen-bond donors (Lipinski definition) is 0. The maximum absolute atomic E-state index is 12.2. The van der Waals surface area contributed by atoms with E-state index in [0.717, 1.165) is 10.2 Å². The van der Waals surface area contributed by atoms with Crippen LogP contribution in [0.3, 0.4) is 0 Å². The molecule has 0 saturated carbocycles. The Bertz CT molecular complexity index is 407. The molecule has 4 heteroatoms. The van der Waals surface area contributed by atoms with E-state index in [1.54, 1.807) is 4.90 Å². The molecule has 0 aliphatic carbocycles. The van der Waals surface area contributed by atoms with Crippen molar-refractivity contribution in [3.05, 3.63) is 28.7 Å². The predicted octanol–water partition coefficient (Wildman–Crippen LogP) is 4.60. The van der Waals surface area contributed by atoms with E-state index < -0.39 is 5.60 Å². The molecule has 0 spiro atoms. The van der Waals surface area contributed by atoms with Gasteiger partial charge in [0.15, 0.2) is 0 Å². The van der Waals surface area contributed by atoms with E-state index in [9.17, 15) is 4.79 Å². The topological polar surface area (TPSA) is 29.5 Å². The number of anilines is 1. The van der Waals surface area contributed by atoms with Crippen molar-refractivity contribution in [1.29, 1.82) is 0 Å². The zero-order valence-corrected chi connectivity index (χ0v) is 13.1. The van der Waals surface area contributed by atoms with Gasteiger partial charge in [0, 0.05) is 16.2 Å². The SMILES string of the molecule is CC(C)N(C(=O)OC(C)(C)C)c1ccc(Br)cc1. The van der Waals surface area contributed by atoms with Gasteiger partial charge in [-0.2, -0.15) is 0 Å². The number of rotatable bonds is 2. The van der Waals surface area contributed by atoms with Crippen LogP contribution in [0.5, 0.6) is 0 Å². The molecule has 1 aromatic carbocycles. The first-order valence-electron chi connectivity index (χ1n) is 5.98. The van der Waals surface area contributed by atoms with Gasteiger partial charge in [-0.05, 0) is 58.9 Å². The molecule has 18 heavy (non-hydrogen) atoms. The largest absolute Gasteiger partial charge is 0.443 e. The molecule has 1 rings (SSSR count). The highest BCUT2D eigenvalue weighted by Crippen LogP contribution is 2.22. The molecule has 0 aliphatic heterocycles. The van der Waals surface area contributed by atoms with Gasteiger partial charge in [-0.3, -0.25) is 4.90 Å². The first-order valence-corrected chi connectivity index (χ1v) is 6.78. The number of nitrogens with zero attached hydrogens (tertiary/aromatic N) is 1. The number of carbonyl (C=O) groups excluding carboxylic acids is 1. The third kappa shape index (κ3) is 4.33. The monoisotopic (exact) mass is 313 g/mol. The van der Waals surface area contributed by atoms with Crippen LogP contribution in [0, 0.1) is 0 Å². The molecule has 0 aliphatic rings. The van der Waals surface area contributed by atoms with Crippen LogP contribution in [0.15, 0.2) is 28.7 Å². The fourth-order valence-corrected chi connectivity index (χ4v) is 1.79. The molecule has 0 radical (unpaired) electrons. The number of carbonyl (C=O) groups is 1. The van der Waals surface area contributed by atoms with Crippen molar-refractivity contribution in [1.82, 2.24) is 0 Å². The van der Waals surface area contributed by atoms with Crippen molar-refractivity contribution in [2.75, 3.05) is 4.90 Å².